The normalized spacial score (nSPS) is 39.2. The van der Waals surface area contributed by atoms with Gasteiger partial charge in [0, 0.05) is 12.3 Å². The molecule has 0 aromatic carbocycles. The molecule has 2 fully saturated rings. The van der Waals surface area contributed by atoms with E-state index in [2.05, 4.69) is 6.07 Å². The Balaban J connectivity index is 1.99. The lowest BCUT2D eigenvalue weighted by molar-refractivity contribution is -0.940. The van der Waals surface area contributed by atoms with Crippen molar-refractivity contribution in [3.63, 3.8) is 0 Å². The van der Waals surface area contributed by atoms with Gasteiger partial charge in [-0.25, -0.2) is 0 Å². The Morgan fingerprint density at radius 1 is 1.15 bits per heavy atom. The van der Waals surface area contributed by atoms with Gasteiger partial charge in [-0.1, -0.05) is 0 Å². The van der Waals surface area contributed by atoms with E-state index in [0.717, 1.165) is 12.5 Å². The van der Waals surface area contributed by atoms with E-state index in [1.54, 1.807) is 4.90 Å². The van der Waals surface area contributed by atoms with Gasteiger partial charge in [-0.3, -0.25) is 0 Å². The molecule has 0 aromatic rings. The molecule has 2 heteroatoms. The molecule has 1 unspecified atom stereocenters. The molecule has 0 amide bonds. The predicted octanol–water partition coefficient (Wildman–Crippen LogP) is 0.747. The van der Waals surface area contributed by atoms with Gasteiger partial charge in [0.15, 0.2) is 0 Å². The van der Waals surface area contributed by atoms with E-state index < -0.39 is 0 Å². The van der Waals surface area contributed by atoms with Crippen LogP contribution in [0.4, 0.5) is 0 Å². The monoisotopic (exact) mass is 179 g/mol. The standard InChI is InChI=1S/C11H18N2/c12-7-6-10-4-3-9-13-8-2-1-5-11(10)13/h10-11H,1-6,8-9H2/p+1/t10-,11+/m1/s1. The lowest BCUT2D eigenvalue weighted by atomic mass is 9.82. The third-order valence-corrected chi connectivity index (χ3v) is 3.78. The number of nitriles is 1. The van der Waals surface area contributed by atoms with Gasteiger partial charge in [0.05, 0.1) is 25.2 Å². The Hall–Kier alpha value is -0.550. The molecule has 0 aliphatic carbocycles. The average molecular weight is 179 g/mol. The van der Waals surface area contributed by atoms with Crippen LogP contribution < -0.4 is 4.90 Å². The molecule has 2 nitrogen and oxygen atoms in total. The topological polar surface area (TPSA) is 28.2 Å². The highest BCUT2D eigenvalue weighted by Gasteiger charge is 2.35. The molecule has 2 aliphatic rings. The van der Waals surface area contributed by atoms with Crippen LogP contribution in [0, 0.1) is 17.2 Å². The van der Waals surface area contributed by atoms with Crippen molar-refractivity contribution < 1.29 is 4.90 Å². The summed E-state index contributed by atoms with van der Waals surface area (Å²) in [5, 5.41) is 8.75. The second-order valence-electron chi connectivity index (χ2n) is 4.53. The molecule has 3 atom stereocenters. The largest absolute Gasteiger partial charge is 0.332 e. The first-order valence-corrected chi connectivity index (χ1v) is 5.63. The molecule has 0 radical (unpaired) electrons. The van der Waals surface area contributed by atoms with Crippen LogP contribution in [-0.2, 0) is 0 Å². The minimum absolute atomic E-state index is 0.717. The summed E-state index contributed by atoms with van der Waals surface area (Å²) in [6, 6.07) is 3.19. The smallest absolute Gasteiger partial charge is 0.0913 e. The van der Waals surface area contributed by atoms with E-state index in [4.69, 9.17) is 5.26 Å². The molecular formula is C11H19N2+. The van der Waals surface area contributed by atoms with Crippen molar-refractivity contribution in [3.8, 4) is 6.07 Å². The Morgan fingerprint density at radius 3 is 2.85 bits per heavy atom. The number of quaternary nitrogens is 1. The van der Waals surface area contributed by atoms with Crippen molar-refractivity contribution in [1.29, 1.82) is 5.26 Å². The fourth-order valence-electron chi connectivity index (χ4n) is 3.14. The van der Waals surface area contributed by atoms with E-state index in [1.165, 1.54) is 45.2 Å². The summed E-state index contributed by atoms with van der Waals surface area (Å²) in [5.74, 6) is 0.717. The van der Waals surface area contributed by atoms with E-state index >= 15 is 0 Å². The van der Waals surface area contributed by atoms with E-state index in [9.17, 15) is 0 Å². The molecule has 0 spiro atoms. The lowest BCUT2D eigenvalue weighted by Gasteiger charge is -2.40. The summed E-state index contributed by atoms with van der Waals surface area (Å²) in [7, 11) is 0. The van der Waals surface area contributed by atoms with Gasteiger partial charge in [0.25, 0.3) is 0 Å². The first-order valence-electron chi connectivity index (χ1n) is 5.63. The number of rotatable bonds is 1. The van der Waals surface area contributed by atoms with Gasteiger partial charge in [-0.15, -0.1) is 0 Å². The van der Waals surface area contributed by atoms with Gasteiger partial charge in [0.2, 0.25) is 0 Å². The summed E-state index contributed by atoms with van der Waals surface area (Å²) in [6.07, 6.45) is 7.64. The molecular weight excluding hydrogens is 160 g/mol. The van der Waals surface area contributed by atoms with Crippen LogP contribution in [0.15, 0.2) is 0 Å². The first kappa shape index (κ1) is 9.02. The first-order chi connectivity index (χ1) is 6.42. The van der Waals surface area contributed by atoms with Crippen LogP contribution in [0.25, 0.3) is 0 Å². The van der Waals surface area contributed by atoms with Crippen LogP contribution in [0.5, 0.6) is 0 Å². The molecule has 0 aromatic heterocycles. The maximum atomic E-state index is 8.75. The summed E-state index contributed by atoms with van der Waals surface area (Å²) in [5.41, 5.74) is 0. The zero-order valence-corrected chi connectivity index (χ0v) is 8.26. The molecule has 72 valence electrons. The zero-order chi connectivity index (χ0) is 9.10. The van der Waals surface area contributed by atoms with Gasteiger partial charge >= 0.3 is 0 Å². The number of hydrogen-bond donors (Lipinski definition) is 1. The lowest BCUT2D eigenvalue weighted by Crippen LogP contribution is -3.18. The van der Waals surface area contributed by atoms with Gasteiger partial charge in [0.1, 0.15) is 0 Å². The van der Waals surface area contributed by atoms with E-state index in [0.29, 0.717) is 5.92 Å². The van der Waals surface area contributed by atoms with Crippen LogP contribution in [0.1, 0.15) is 38.5 Å². The van der Waals surface area contributed by atoms with Crippen LogP contribution in [0.3, 0.4) is 0 Å². The fourth-order valence-corrected chi connectivity index (χ4v) is 3.14. The zero-order valence-electron chi connectivity index (χ0n) is 8.26. The third kappa shape index (κ3) is 1.86. The highest BCUT2D eigenvalue weighted by atomic mass is 15.2. The Morgan fingerprint density at radius 2 is 2.00 bits per heavy atom. The summed E-state index contributed by atoms with van der Waals surface area (Å²) >= 11 is 0. The van der Waals surface area contributed by atoms with Crippen molar-refractivity contribution in [2.45, 2.75) is 44.6 Å². The minimum atomic E-state index is 0.717. The molecule has 2 aliphatic heterocycles. The third-order valence-electron chi connectivity index (χ3n) is 3.78. The van der Waals surface area contributed by atoms with Crippen molar-refractivity contribution in [2.75, 3.05) is 13.1 Å². The van der Waals surface area contributed by atoms with Gasteiger partial charge < -0.3 is 4.90 Å². The number of nitrogens with one attached hydrogen (secondary N) is 1. The van der Waals surface area contributed by atoms with Crippen LogP contribution >= 0.6 is 0 Å². The Kier molecular flexibility index (Phi) is 2.85. The van der Waals surface area contributed by atoms with Crippen molar-refractivity contribution in [2.24, 2.45) is 5.92 Å². The van der Waals surface area contributed by atoms with Crippen molar-refractivity contribution in [1.82, 2.24) is 0 Å². The molecule has 13 heavy (non-hydrogen) atoms. The predicted molar refractivity (Wildman–Crippen MR) is 51.3 cm³/mol. The maximum absolute atomic E-state index is 8.75. The minimum Gasteiger partial charge on any atom is -0.332 e. The Bertz CT molecular complexity index is 205. The number of hydrogen-bond acceptors (Lipinski definition) is 1. The second-order valence-corrected chi connectivity index (χ2v) is 4.53. The molecule has 2 heterocycles. The van der Waals surface area contributed by atoms with Crippen LogP contribution in [0.2, 0.25) is 0 Å². The van der Waals surface area contributed by atoms with Gasteiger partial charge in [-0.05, 0) is 32.1 Å². The summed E-state index contributed by atoms with van der Waals surface area (Å²) < 4.78 is 0. The maximum Gasteiger partial charge on any atom is 0.0913 e. The second kappa shape index (κ2) is 4.11. The molecule has 0 bridgehead atoms. The number of piperidine rings is 2. The summed E-state index contributed by atoms with van der Waals surface area (Å²) in [4.78, 5) is 1.80. The molecule has 2 saturated heterocycles. The average Bonchev–Trinajstić information content (AvgIpc) is 2.19. The highest BCUT2D eigenvalue weighted by molar-refractivity contribution is 4.83. The van der Waals surface area contributed by atoms with E-state index in [-0.39, 0.29) is 0 Å². The molecule has 0 saturated carbocycles. The van der Waals surface area contributed by atoms with Gasteiger partial charge in [-0.2, -0.15) is 5.26 Å². The van der Waals surface area contributed by atoms with Crippen molar-refractivity contribution >= 4 is 0 Å². The number of nitrogens with zero attached hydrogens (tertiary/aromatic N) is 1. The van der Waals surface area contributed by atoms with Crippen LogP contribution in [-0.4, -0.2) is 19.1 Å². The SMILES string of the molecule is N#CC[C@H]1CCC[NH+]2CCCC[C@@H]12. The summed E-state index contributed by atoms with van der Waals surface area (Å²) in [6.45, 7) is 2.74. The Labute approximate surface area is 80.5 Å². The quantitative estimate of drug-likeness (QED) is 0.632. The van der Waals surface area contributed by atoms with Crippen molar-refractivity contribution in [3.05, 3.63) is 0 Å². The number of fused-ring (bicyclic) bond motifs is 1. The fraction of sp³-hybridized carbons (Fsp3) is 0.909. The highest BCUT2D eigenvalue weighted by Crippen LogP contribution is 2.22. The molecule has 2 rings (SSSR count). The molecule has 1 N–H and O–H groups in total. The van der Waals surface area contributed by atoms with E-state index in [1.807, 2.05) is 0 Å².